The van der Waals surface area contributed by atoms with Gasteiger partial charge in [0.25, 0.3) is 5.91 Å². The maximum atomic E-state index is 14.0. The van der Waals surface area contributed by atoms with Gasteiger partial charge in [-0.05, 0) is 34.5 Å². The van der Waals surface area contributed by atoms with Crippen LogP contribution in [-0.2, 0) is 6.18 Å². The van der Waals surface area contributed by atoms with Crippen LogP contribution in [0, 0.1) is 18.3 Å². The summed E-state index contributed by atoms with van der Waals surface area (Å²) in [5.74, 6) is -0.977. The third kappa shape index (κ3) is 4.17. The van der Waals surface area contributed by atoms with E-state index in [2.05, 4.69) is 46.5 Å². The molecule has 4 aromatic rings. The van der Waals surface area contributed by atoms with Crippen molar-refractivity contribution in [2.24, 2.45) is 0 Å². The second kappa shape index (κ2) is 8.43. The van der Waals surface area contributed by atoms with E-state index in [1.165, 1.54) is 37.1 Å². The molecule has 0 spiro atoms. The van der Waals surface area contributed by atoms with Gasteiger partial charge in [0.05, 0.1) is 46.2 Å². The quantitative estimate of drug-likeness (QED) is 0.439. The average Bonchev–Trinajstić information content (AvgIpc) is 3.43. The van der Waals surface area contributed by atoms with Crippen LogP contribution in [0.1, 0.15) is 27.2 Å². The summed E-state index contributed by atoms with van der Waals surface area (Å²) in [5.41, 5.74) is -1.44. The van der Waals surface area contributed by atoms with Gasteiger partial charge < -0.3 is 5.32 Å². The van der Waals surface area contributed by atoms with Crippen LogP contribution in [0.15, 0.2) is 47.7 Å². The zero-order valence-electron chi connectivity index (χ0n) is 16.5. The Morgan fingerprint density at radius 2 is 1.88 bits per heavy atom. The Hall–Kier alpha value is -4.12. The predicted octanol–water partition coefficient (Wildman–Crippen LogP) is 3.46. The van der Waals surface area contributed by atoms with E-state index in [0.717, 1.165) is 11.0 Å². The smallest absolute Gasteiger partial charge is 0.320 e. The SMILES string of the molecule is Cc1cncc(Br)c1-n1ncc(C(=O)Nc2cnc(-n3nccn3)c(C#N)c2)c1C(F)(F)F. The lowest BCUT2D eigenvalue weighted by Gasteiger charge is -2.15. The largest absolute Gasteiger partial charge is 0.434 e. The molecule has 0 aliphatic heterocycles. The van der Waals surface area contributed by atoms with E-state index in [4.69, 9.17) is 0 Å². The number of aromatic nitrogens is 7. The monoisotopic (exact) mass is 517 g/mol. The second-order valence-corrected chi connectivity index (χ2v) is 7.44. The summed E-state index contributed by atoms with van der Waals surface area (Å²) in [6.45, 7) is 1.57. The van der Waals surface area contributed by atoms with Gasteiger partial charge in [0, 0.05) is 12.4 Å². The van der Waals surface area contributed by atoms with Crippen molar-refractivity contribution in [1.82, 2.24) is 34.7 Å². The molecule has 33 heavy (non-hydrogen) atoms. The molecule has 0 aliphatic rings. The number of nitrogens with one attached hydrogen (secondary N) is 1. The number of hydrogen-bond donors (Lipinski definition) is 1. The normalized spacial score (nSPS) is 11.3. The summed E-state index contributed by atoms with van der Waals surface area (Å²) >= 11 is 3.18. The Morgan fingerprint density at radius 1 is 1.15 bits per heavy atom. The van der Waals surface area contributed by atoms with Gasteiger partial charge in [-0.3, -0.25) is 9.78 Å². The molecule has 14 heteroatoms. The number of aryl methyl sites for hydroxylation is 1. The van der Waals surface area contributed by atoms with Crippen LogP contribution in [0.2, 0.25) is 0 Å². The number of hydrogen-bond acceptors (Lipinski definition) is 7. The van der Waals surface area contributed by atoms with Crippen LogP contribution in [-0.4, -0.2) is 40.6 Å². The number of nitrogens with zero attached hydrogens (tertiary/aromatic N) is 8. The minimum atomic E-state index is -4.90. The topological polar surface area (TPSA) is 127 Å². The van der Waals surface area contributed by atoms with Gasteiger partial charge in [0.15, 0.2) is 11.5 Å². The Labute approximate surface area is 191 Å². The number of halogens is 4. The molecule has 0 radical (unpaired) electrons. The zero-order valence-corrected chi connectivity index (χ0v) is 18.1. The molecule has 0 bridgehead atoms. The first kappa shape index (κ1) is 22.1. The highest BCUT2D eigenvalue weighted by atomic mass is 79.9. The number of amides is 1. The number of anilines is 1. The maximum absolute atomic E-state index is 14.0. The van der Waals surface area contributed by atoms with Gasteiger partial charge in [-0.1, -0.05) is 0 Å². The first-order valence-corrected chi connectivity index (χ1v) is 9.84. The molecule has 0 aliphatic carbocycles. The van der Waals surface area contributed by atoms with Crippen LogP contribution in [0.25, 0.3) is 11.5 Å². The number of rotatable bonds is 4. The highest BCUT2D eigenvalue weighted by Gasteiger charge is 2.41. The molecule has 0 fully saturated rings. The van der Waals surface area contributed by atoms with Crippen LogP contribution >= 0.6 is 15.9 Å². The fourth-order valence-electron chi connectivity index (χ4n) is 3.04. The Bertz CT molecular complexity index is 1370. The average molecular weight is 518 g/mol. The minimum absolute atomic E-state index is 0.00656. The molecular formula is C19H11BrF3N9O. The Morgan fingerprint density at radius 3 is 2.52 bits per heavy atom. The summed E-state index contributed by atoms with van der Waals surface area (Å²) in [6.07, 6.45) is 2.59. The first-order valence-electron chi connectivity index (χ1n) is 9.04. The molecular weight excluding hydrogens is 507 g/mol. The number of carbonyl (C=O) groups is 1. The summed E-state index contributed by atoms with van der Waals surface area (Å²) in [7, 11) is 0. The molecule has 4 rings (SSSR count). The standard InChI is InChI=1S/C19H11BrF3N9O/c1-10-6-25-9-14(20)15(10)31-16(19(21,22)23)13(8-29-31)18(33)30-12-4-11(5-24)17(26-7-12)32-27-2-3-28-32/h2-4,6-9H,1H3,(H,30,33). The van der Waals surface area contributed by atoms with Crippen LogP contribution in [0.5, 0.6) is 0 Å². The van der Waals surface area contributed by atoms with Crippen LogP contribution < -0.4 is 5.32 Å². The molecule has 166 valence electrons. The molecule has 0 aromatic carbocycles. The lowest BCUT2D eigenvalue weighted by atomic mass is 10.2. The summed E-state index contributed by atoms with van der Waals surface area (Å²) < 4.78 is 42.8. The van der Waals surface area contributed by atoms with E-state index >= 15 is 0 Å². The van der Waals surface area contributed by atoms with Crippen molar-refractivity contribution >= 4 is 27.5 Å². The highest BCUT2D eigenvalue weighted by molar-refractivity contribution is 9.10. The second-order valence-electron chi connectivity index (χ2n) is 6.58. The molecule has 0 saturated carbocycles. The molecule has 0 saturated heterocycles. The third-order valence-electron chi connectivity index (χ3n) is 4.40. The van der Waals surface area contributed by atoms with Gasteiger partial charge in [0.2, 0.25) is 0 Å². The van der Waals surface area contributed by atoms with Crippen molar-refractivity contribution in [3.63, 3.8) is 0 Å². The maximum Gasteiger partial charge on any atom is 0.434 e. The molecule has 4 heterocycles. The van der Waals surface area contributed by atoms with E-state index in [-0.39, 0.29) is 27.2 Å². The highest BCUT2D eigenvalue weighted by Crippen LogP contribution is 2.36. The number of alkyl halides is 3. The van der Waals surface area contributed by atoms with Crippen molar-refractivity contribution in [2.45, 2.75) is 13.1 Å². The van der Waals surface area contributed by atoms with E-state index in [1.54, 1.807) is 6.92 Å². The minimum Gasteiger partial charge on any atom is -0.320 e. The van der Waals surface area contributed by atoms with Gasteiger partial charge in [-0.25, -0.2) is 9.67 Å². The molecule has 0 atom stereocenters. The van der Waals surface area contributed by atoms with Gasteiger partial charge in [-0.2, -0.15) is 33.7 Å². The van der Waals surface area contributed by atoms with Crippen molar-refractivity contribution in [2.75, 3.05) is 5.32 Å². The van der Waals surface area contributed by atoms with E-state index < -0.39 is 23.3 Å². The fourth-order valence-corrected chi connectivity index (χ4v) is 3.64. The van der Waals surface area contributed by atoms with E-state index in [0.29, 0.717) is 10.2 Å². The van der Waals surface area contributed by atoms with E-state index in [1.807, 2.05) is 6.07 Å². The van der Waals surface area contributed by atoms with E-state index in [9.17, 15) is 23.2 Å². The molecule has 0 unspecified atom stereocenters. The number of pyridine rings is 2. The summed E-state index contributed by atoms with van der Waals surface area (Å²) in [5, 5.41) is 23.3. The van der Waals surface area contributed by atoms with Crippen LogP contribution in [0.3, 0.4) is 0 Å². The van der Waals surface area contributed by atoms with Crippen LogP contribution in [0.4, 0.5) is 18.9 Å². The summed E-state index contributed by atoms with van der Waals surface area (Å²) in [4.78, 5) is 21.8. The molecule has 1 N–H and O–H groups in total. The lowest BCUT2D eigenvalue weighted by Crippen LogP contribution is -2.21. The first-order chi connectivity index (χ1) is 15.7. The lowest BCUT2D eigenvalue weighted by molar-refractivity contribution is -0.143. The van der Waals surface area contributed by atoms with Crippen molar-refractivity contribution in [3.8, 4) is 17.6 Å². The van der Waals surface area contributed by atoms with Gasteiger partial charge in [-0.15, -0.1) is 4.80 Å². The fraction of sp³-hybridized carbons (Fsp3) is 0.105. The van der Waals surface area contributed by atoms with Crippen molar-refractivity contribution < 1.29 is 18.0 Å². The van der Waals surface area contributed by atoms with Crippen molar-refractivity contribution in [3.05, 3.63) is 70.1 Å². The number of carbonyl (C=O) groups excluding carboxylic acids is 1. The molecule has 4 aromatic heterocycles. The van der Waals surface area contributed by atoms with Gasteiger partial charge in [0.1, 0.15) is 11.6 Å². The van der Waals surface area contributed by atoms with Crippen molar-refractivity contribution in [1.29, 1.82) is 5.26 Å². The predicted molar refractivity (Wildman–Crippen MR) is 111 cm³/mol. The number of nitriles is 1. The third-order valence-corrected chi connectivity index (χ3v) is 4.98. The summed E-state index contributed by atoms with van der Waals surface area (Å²) in [6, 6.07) is 3.14. The van der Waals surface area contributed by atoms with Gasteiger partial charge >= 0.3 is 6.18 Å². The Kier molecular flexibility index (Phi) is 5.64. The zero-order chi connectivity index (χ0) is 23.8. The molecule has 10 nitrogen and oxygen atoms in total. The molecule has 1 amide bonds. The Balaban J connectivity index is 1.73.